The van der Waals surface area contributed by atoms with Crippen molar-refractivity contribution in [1.82, 2.24) is 0 Å². The molecule has 0 amide bonds. The van der Waals surface area contributed by atoms with Gasteiger partial charge in [0.05, 0.1) is 12.2 Å². The molecule has 0 bridgehead atoms. The second-order valence-corrected chi connectivity index (χ2v) is 4.29. The Kier molecular flexibility index (Phi) is 4.78. The maximum Gasteiger partial charge on any atom is 0.446 e. The first-order valence-corrected chi connectivity index (χ1v) is 5.77. The molecule has 0 saturated heterocycles. The Morgan fingerprint density at radius 1 is 1.47 bits per heavy atom. The Balaban J connectivity index is 3.24. The molecular formula is C11H7F4NO2S. The van der Waals surface area contributed by atoms with Gasteiger partial charge in [-0.3, -0.25) is 0 Å². The number of nitriles is 1. The molecule has 0 radical (unpaired) electrons. The number of hydrogen-bond donors (Lipinski definition) is 0. The van der Waals surface area contributed by atoms with Crippen molar-refractivity contribution in [2.75, 3.05) is 6.61 Å². The highest BCUT2D eigenvalue weighted by Crippen LogP contribution is 2.39. The quantitative estimate of drug-likeness (QED) is 0.486. The summed E-state index contributed by atoms with van der Waals surface area (Å²) in [7, 11) is 0. The molecule has 3 nitrogen and oxygen atoms in total. The zero-order valence-electron chi connectivity index (χ0n) is 9.55. The lowest BCUT2D eigenvalue weighted by Crippen LogP contribution is -2.09. The first-order chi connectivity index (χ1) is 8.80. The van der Waals surface area contributed by atoms with Gasteiger partial charge in [0.25, 0.3) is 0 Å². The van der Waals surface area contributed by atoms with E-state index in [4.69, 9.17) is 5.26 Å². The van der Waals surface area contributed by atoms with E-state index in [0.29, 0.717) is 0 Å². The molecule has 1 aromatic carbocycles. The number of nitrogens with zero attached hydrogens (tertiary/aromatic N) is 1. The topological polar surface area (TPSA) is 50.1 Å². The Morgan fingerprint density at radius 3 is 2.58 bits per heavy atom. The molecular weight excluding hydrogens is 286 g/mol. The van der Waals surface area contributed by atoms with Gasteiger partial charge in [-0.15, -0.1) is 0 Å². The summed E-state index contributed by atoms with van der Waals surface area (Å²) in [4.78, 5) is 10.7. The Morgan fingerprint density at radius 2 is 2.11 bits per heavy atom. The number of hydrogen-bond acceptors (Lipinski definition) is 4. The maximum atomic E-state index is 13.8. The van der Waals surface area contributed by atoms with Gasteiger partial charge in [0.2, 0.25) is 0 Å². The summed E-state index contributed by atoms with van der Waals surface area (Å²) in [5.41, 5.74) is -6.04. The lowest BCUT2D eigenvalue weighted by Gasteiger charge is -2.10. The number of halogens is 4. The lowest BCUT2D eigenvalue weighted by atomic mass is 10.1. The van der Waals surface area contributed by atoms with Gasteiger partial charge >= 0.3 is 11.5 Å². The summed E-state index contributed by atoms with van der Waals surface area (Å²) in [6.07, 6.45) is 0. The normalized spacial score (nSPS) is 10.9. The minimum atomic E-state index is -4.65. The molecule has 0 saturated carbocycles. The van der Waals surface area contributed by atoms with Gasteiger partial charge in [-0.1, -0.05) is 0 Å². The van der Waals surface area contributed by atoms with Crippen molar-refractivity contribution in [2.24, 2.45) is 0 Å². The van der Waals surface area contributed by atoms with E-state index in [2.05, 4.69) is 4.74 Å². The number of carbonyl (C=O) groups excluding carboxylic acids is 1. The Labute approximate surface area is 110 Å². The van der Waals surface area contributed by atoms with E-state index in [-0.39, 0.29) is 6.61 Å². The molecule has 0 aliphatic rings. The van der Waals surface area contributed by atoms with Crippen molar-refractivity contribution in [1.29, 1.82) is 5.26 Å². The van der Waals surface area contributed by atoms with Crippen molar-refractivity contribution in [2.45, 2.75) is 17.3 Å². The van der Waals surface area contributed by atoms with Crippen LogP contribution in [0.4, 0.5) is 17.6 Å². The van der Waals surface area contributed by atoms with Crippen molar-refractivity contribution < 1.29 is 27.1 Å². The maximum absolute atomic E-state index is 13.8. The molecule has 102 valence electrons. The third-order valence-corrected chi connectivity index (χ3v) is 2.73. The van der Waals surface area contributed by atoms with Crippen LogP contribution in [-0.4, -0.2) is 18.1 Å². The Hall–Kier alpha value is -1.75. The van der Waals surface area contributed by atoms with Gasteiger partial charge in [-0.2, -0.15) is 18.4 Å². The molecule has 0 heterocycles. The van der Waals surface area contributed by atoms with Crippen LogP contribution in [-0.2, 0) is 4.74 Å². The number of rotatable bonds is 3. The molecule has 0 fully saturated rings. The number of ether oxygens (including phenoxy) is 1. The minimum Gasteiger partial charge on any atom is -0.462 e. The van der Waals surface area contributed by atoms with Gasteiger partial charge in [0, 0.05) is 4.90 Å². The fraction of sp³-hybridized carbons (Fsp3) is 0.273. The first kappa shape index (κ1) is 15.3. The average Bonchev–Trinajstić information content (AvgIpc) is 2.27. The van der Waals surface area contributed by atoms with Gasteiger partial charge in [0.1, 0.15) is 11.6 Å². The number of benzene rings is 1. The zero-order valence-corrected chi connectivity index (χ0v) is 10.4. The molecule has 0 unspecified atom stereocenters. The predicted molar refractivity (Wildman–Crippen MR) is 59.0 cm³/mol. The second-order valence-electron chi connectivity index (χ2n) is 3.18. The van der Waals surface area contributed by atoms with Crippen LogP contribution in [0.1, 0.15) is 22.8 Å². The van der Waals surface area contributed by atoms with Gasteiger partial charge in [-0.25, -0.2) is 9.18 Å². The molecule has 1 rings (SSSR count). The highest BCUT2D eigenvalue weighted by Gasteiger charge is 2.32. The SMILES string of the molecule is CCOC(=O)c1ccc(SC(F)(F)F)c(C#N)c1F. The second kappa shape index (κ2) is 5.93. The summed E-state index contributed by atoms with van der Waals surface area (Å²) in [5.74, 6) is -2.34. The number of carbonyl (C=O) groups is 1. The van der Waals surface area contributed by atoms with E-state index in [1.54, 1.807) is 0 Å². The van der Waals surface area contributed by atoms with Gasteiger partial charge < -0.3 is 4.74 Å². The standard InChI is InChI=1S/C11H7F4NO2S/c1-2-18-10(17)6-3-4-8(19-11(13,14)15)7(5-16)9(6)12/h3-4H,2H2,1H3. The fourth-order valence-electron chi connectivity index (χ4n) is 1.24. The molecule has 0 spiro atoms. The molecule has 0 aliphatic heterocycles. The predicted octanol–water partition coefficient (Wildman–Crippen LogP) is 3.49. The van der Waals surface area contributed by atoms with Crippen molar-refractivity contribution >= 4 is 17.7 Å². The first-order valence-electron chi connectivity index (χ1n) is 4.95. The van der Waals surface area contributed by atoms with Crippen LogP contribution >= 0.6 is 11.8 Å². The van der Waals surface area contributed by atoms with Crippen LogP contribution in [0.3, 0.4) is 0 Å². The van der Waals surface area contributed by atoms with Crippen LogP contribution in [0, 0.1) is 17.1 Å². The molecule has 0 N–H and O–H groups in total. The summed E-state index contributed by atoms with van der Waals surface area (Å²) >= 11 is -0.615. The zero-order chi connectivity index (χ0) is 14.6. The molecule has 0 aromatic heterocycles. The van der Waals surface area contributed by atoms with Crippen LogP contribution < -0.4 is 0 Å². The smallest absolute Gasteiger partial charge is 0.446 e. The van der Waals surface area contributed by atoms with E-state index in [0.717, 1.165) is 12.1 Å². The summed E-state index contributed by atoms with van der Waals surface area (Å²) < 4.78 is 54.9. The summed E-state index contributed by atoms with van der Waals surface area (Å²) in [5, 5.41) is 8.71. The largest absolute Gasteiger partial charge is 0.462 e. The average molecular weight is 293 g/mol. The molecule has 8 heteroatoms. The summed E-state index contributed by atoms with van der Waals surface area (Å²) in [6, 6.07) is 3.05. The van der Waals surface area contributed by atoms with Crippen LogP contribution in [0.5, 0.6) is 0 Å². The molecule has 19 heavy (non-hydrogen) atoms. The molecule has 1 aromatic rings. The Bertz CT molecular complexity index is 537. The van der Waals surface area contributed by atoms with Crippen LogP contribution in [0.15, 0.2) is 17.0 Å². The van der Waals surface area contributed by atoms with Crippen LogP contribution in [0.25, 0.3) is 0 Å². The van der Waals surface area contributed by atoms with E-state index >= 15 is 0 Å². The third kappa shape index (κ3) is 3.86. The summed E-state index contributed by atoms with van der Waals surface area (Å²) in [6.45, 7) is 1.48. The van der Waals surface area contributed by atoms with E-state index in [1.807, 2.05) is 0 Å². The lowest BCUT2D eigenvalue weighted by molar-refractivity contribution is -0.0328. The monoisotopic (exact) mass is 293 g/mol. The highest BCUT2D eigenvalue weighted by atomic mass is 32.2. The van der Waals surface area contributed by atoms with Crippen molar-refractivity contribution in [3.8, 4) is 6.07 Å². The van der Waals surface area contributed by atoms with E-state index < -0.39 is 45.1 Å². The van der Waals surface area contributed by atoms with Crippen molar-refractivity contribution in [3.63, 3.8) is 0 Å². The highest BCUT2D eigenvalue weighted by molar-refractivity contribution is 8.00. The van der Waals surface area contributed by atoms with Crippen molar-refractivity contribution in [3.05, 3.63) is 29.1 Å². The van der Waals surface area contributed by atoms with E-state index in [9.17, 15) is 22.4 Å². The third-order valence-electron chi connectivity index (χ3n) is 1.94. The van der Waals surface area contributed by atoms with Gasteiger partial charge in [0.15, 0.2) is 5.82 Å². The fourth-order valence-corrected chi connectivity index (χ4v) is 1.86. The van der Waals surface area contributed by atoms with E-state index in [1.165, 1.54) is 13.0 Å². The van der Waals surface area contributed by atoms with Gasteiger partial charge in [-0.05, 0) is 30.8 Å². The van der Waals surface area contributed by atoms with Crippen LogP contribution in [0.2, 0.25) is 0 Å². The molecule has 0 atom stereocenters. The molecule has 0 aliphatic carbocycles. The number of alkyl halides is 3. The number of thioether (sulfide) groups is 1. The number of esters is 1. The minimum absolute atomic E-state index is 0.0147.